The summed E-state index contributed by atoms with van der Waals surface area (Å²) in [7, 11) is 0. The molecule has 1 aliphatic rings. The number of benzene rings is 2. The van der Waals surface area contributed by atoms with Gasteiger partial charge in [0, 0.05) is 17.9 Å². The predicted molar refractivity (Wildman–Crippen MR) is 120 cm³/mol. The van der Waals surface area contributed by atoms with E-state index in [-0.39, 0.29) is 31.4 Å². The molecule has 2 unspecified atom stereocenters. The zero-order valence-corrected chi connectivity index (χ0v) is 19.7. The van der Waals surface area contributed by atoms with Gasteiger partial charge >= 0.3 is 12.4 Å². The molecule has 2 aromatic carbocycles. The van der Waals surface area contributed by atoms with Gasteiger partial charge in [-0.3, -0.25) is 9.59 Å². The summed E-state index contributed by atoms with van der Waals surface area (Å²) >= 11 is 0. The van der Waals surface area contributed by atoms with Crippen molar-refractivity contribution in [2.45, 2.75) is 52.9 Å². The molecule has 2 aromatic rings. The number of hydrogen-bond donors (Lipinski definition) is 1. The number of hydrogen-bond acceptors (Lipinski definition) is 2. The molecule has 35 heavy (non-hydrogen) atoms. The number of carbonyl (C=O) groups is 2. The van der Waals surface area contributed by atoms with Crippen molar-refractivity contribution in [2.24, 2.45) is 11.3 Å². The summed E-state index contributed by atoms with van der Waals surface area (Å²) in [6.07, 6.45) is -9.65. The maximum absolute atomic E-state index is 13.5. The molecule has 3 rings (SSSR count). The Morgan fingerprint density at radius 3 is 1.94 bits per heavy atom. The monoisotopic (exact) mass is 500 g/mol. The lowest BCUT2D eigenvalue weighted by atomic mass is 9.73. The SMILES string of the molecule is CCC1C(=O)N(c2c(C)cccc2C)CC1(CC)C(=O)Nc1cc(C(F)(F)F)cc(C(F)(F)F)c1. The first kappa shape index (κ1) is 26.6. The highest BCUT2D eigenvalue weighted by atomic mass is 19.4. The molecule has 1 aliphatic heterocycles. The molecule has 0 radical (unpaired) electrons. The van der Waals surface area contributed by atoms with Crippen molar-refractivity contribution in [3.05, 3.63) is 58.7 Å². The second kappa shape index (κ2) is 9.20. The number of rotatable bonds is 5. The van der Waals surface area contributed by atoms with Crippen LogP contribution >= 0.6 is 0 Å². The van der Waals surface area contributed by atoms with Crippen LogP contribution < -0.4 is 10.2 Å². The molecule has 2 amide bonds. The average molecular weight is 500 g/mol. The smallest absolute Gasteiger partial charge is 0.326 e. The van der Waals surface area contributed by atoms with Crippen LogP contribution in [0.3, 0.4) is 0 Å². The molecule has 0 aliphatic carbocycles. The summed E-state index contributed by atoms with van der Waals surface area (Å²) in [5.74, 6) is -1.89. The van der Waals surface area contributed by atoms with Crippen molar-refractivity contribution in [1.29, 1.82) is 0 Å². The van der Waals surface area contributed by atoms with Crippen LogP contribution in [0.5, 0.6) is 0 Å². The molecular formula is C25H26F6N2O2. The van der Waals surface area contributed by atoms with Gasteiger partial charge in [-0.1, -0.05) is 32.0 Å². The highest BCUT2D eigenvalue weighted by molar-refractivity contribution is 6.08. The average Bonchev–Trinajstić information content (AvgIpc) is 3.04. The number of aryl methyl sites for hydroxylation is 2. The van der Waals surface area contributed by atoms with E-state index in [1.807, 2.05) is 32.0 Å². The van der Waals surface area contributed by atoms with E-state index in [4.69, 9.17) is 0 Å². The largest absolute Gasteiger partial charge is 0.416 e. The molecule has 190 valence electrons. The minimum Gasteiger partial charge on any atom is -0.326 e. The highest BCUT2D eigenvalue weighted by Crippen LogP contribution is 2.46. The standard InChI is InChI=1S/C25H26F6N2O2/c1-5-19-21(34)33(20-14(3)8-7-9-15(20)4)13-23(19,6-2)22(35)32-18-11-16(24(26,27)28)10-17(12-18)25(29,30)31/h7-12,19H,5-6,13H2,1-4H3,(H,32,35). The number of halogens is 6. The van der Waals surface area contributed by atoms with Crippen LogP contribution in [0, 0.1) is 25.2 Å². The molecule has 0 aromatic heterocycles. The topological polar surface area (TPSA) is 49.4 Å². The zero-order chi connectivity index (χ0) is 26.3. The lowest BCUT2D eigenvalue weighted by Crippen LogP contribution is -2.42. The molecule has 1 heterocycles. The number of anilines is 2. The molecule has 0 spiro atoms. The lowest BCUT2D eigenvalue weighted by molar-refractivity contribution is -0.143. The van der Waals surface area contributed by atoms with Crippen LogP contribution in [0.15, 0.2) is 36.4 Å². The van der Waals surface area contributed by atoms with Gasteiger partial charge in [0.25, 0.3) is 0 Å². The van der Waals surface area contributed by atoms with Gasteiger partial charge in [-0.15, -0.1) is 0 Å². The van der Waals surface area contributed by atoms with Gasteiger partial charge in [-0.25, -0.2) is 0 Å². The molecule has 1 saturated heterocycles. The van der Waals surface area contributed by atoms with Crippen LogP contribution in [0.1, 0.15) is 48.9 Å². The van der Waals surface area contributed by atoms with Gasteiger partial charge in [-0.05, 0) is 56.0 Å². The van der Waals surface area contributed by atoms with Crippen LogP contribution in [-0.4, -0.2) is 18.4 Å². The van der Waals surface area contributed by atoms with E-state index in [1.54, 1.807) is 13.8 Å². The summed E-state index contributed by atoms with van der Waals surface area (Å²) in [6, 6.07) is 6.42. The summed E-state index contributed by atoms with van der Waals surface area (Å²) in [5, 5.41) is 2.27. The van der Waals surface area contributed by atoms with Gasteiger partial charge in [0.05, 0.1) is 22.5 Å². The third-order valence-corrected chi connectivity index (χ3v) is 6.72. The molecule has 1 N–H and O–H groups in total. The minimum absolute atomic E-state index is 0.00186. The Morgan fingerprint density at radius 1 is 1.00 bits per heavy atom. The number of carbonyl (C=O) groups excluding carboxylic acids is 2. The molecule has 0 saturated carbocycles. The van der Waals surface area contributed by atoms with E-state index >= 15 is 0 Å². The van der Waals surface area contributed by atoms with Crippen LogP contribution in [-0.2, 0) is 21.9 Å². The van der Waals surface area contributed by atoms with Crippen LogP contribution in [0.4, 0.5) is 37.7 Å². The number of alkyl halides is 6. The van der Waals surface area contributed by atoms with Crippen LogP contribution in [0.2, 0.25) is 0 Å². The number of nitrogens with one attached hydrogen (secondary N) is 1. The number of amides is 2. The summed E-state index contributed by atoms with van der Waals surface area (Å²) in [6.45, 7) is 7.01. The number of nitrogens with zero attached hydrogens (tertiary/aromatic N) is 1. The van der Waals surface area contributed by atoms with E-state index in [0.29, 0.717) is 17.8 Å². The quantitative estimate of drug-likeness (QED) is 0.462. The van der Waals surface area contributed by atoms with Gasteiger partial charge in [0.1, 0.15) is 0 Å². The first-order valence-corrected chi connectivity index (χ1v) is 11.1. The van der Waals surface area contributed by atoms with Crippen molar-refractivity contribution >= 4 is 23.2 Å². The third kappa shape index (κ3) is 4.88. The Balaban J connectivity index is 2.05. The van der Waals surface area contributed by atoms with Crippen molar-refractivity contribution in [2.75, 3.05) is 16.8 Å². The van der Waals surface area contributed by atoms with Crippen molar-refractivity contribution in [3.8, 4) is 0 Å². The fourth-order valence-electron chi connectivity index (χ4n) is 4.91. The van der Waals surface area contributed by atoms with E-state index in [2.05, 4.69) is 5.32 Å². The summed E-state index contributed by atoms with van der Waals surface area (Å²) in [4.78, 5) is 28.4. The van der Waals surface area contributed by atoms with Gasteiger partial charge in [-0.2, -0.15) is 26.3 Å². The molecule has 10 heteroatoms. The highest BCUT2D eigenvalue weighted by Gasteiger charge is 2.55. The Bertz CT molecular complexity index is 1090. The van der Waals surface area contributed by atoms with Gasteiger partial charge in [0.15, 0.2) is 0 Å². The Morgan fingerprint density at radius 2 is 1.51 bits per heavy atom. The van der Waals surface area contributed by atoms with Gasteiger partial charge < -0.3 is 10.2 Å². The molecule has 2 atom stereocenters. The predicted octanol–water partition coefficient (Wildman–Crippen LogP) is 6.75. The Hall–Kier alpha value is -3.04. The molecule has 0 bridgehead atoms. The van der Waals surface area contributed by atoms with E-state index < -0.39 is 46.4 Å². The Kier molecular flexibility index (Phi) is 6.98. The van der Waals surface area contributed by atoms with Crippen molar-refractivity contribution in [1.82, 2.24) is 0 Å². The second-order valence-corrected chi connectivity index (χ2v) is 8.88. The molecule has 1 fully saturated rings. The molecule has 4 nitrogen and oxygen atoms in total. The lowest BCUT2D eigenvalue weighted by Gasteiger charge is -2.31. The fourth-order valence-corrected chi connectivity index (χ4v) is 4.91. The minimum atomic E-state index is -5.04. The number of para-hydroxylation sites is 1. The normalized spacial score (nSPS) is 20.9. The first-order valence-electron chi connectivity index (χ1n) is 11.1. The second-order valence-electron chi connectivity index (χ2n) is 8.88. The maximum atomic E-state index is 13.5. The van der Waals surface area contributed by atoms with E-state index in [1.165, 1.54) is 4.90 Å². The first-order chi connectivity index (χ1) is 16.2. The fraction of sp³-hybridized carbons (Fsp3) is 0.440. The Labute approximate surface area is 199 Å². The van der Waals surface area contributed by atoms with Crippen molar-refractivity contribution in [3.63, 3.8) is 0 Å². The third-order valence-electron chi connectivity index (χ3n) is 6.72. The molecular weight excluding hydrogens is 474 g/mol. The zero-order valence-electron chi connectivity index (χ0n) is 19.7. The summed E-state index contributed by atoms with van der Waals surface area (Å²) in [5.41, 5.74) is -2.75. The van der Waals surface area contributed by atoms with Crippen molar-refractivity contribution < 1.29 is 35.9 Å². The maximum Gasteiger partial charge on any atom is 0.416 e. The van der Waals surface area contributed by atoms with E-state index in [9.17, 15) is 35.9 Å². The van der Waals surface area contributed by atoms with E-state index in [0.717, 1.165) is 11.1 Å². The van der Waals surface area contributed by atoms with Gasteiger partial charge in [0.2, 0.25) is 11.8 Å². The van der Waals surface area contributed by atoms with Crippen LogP contribution in [0.25, 0.3) is 0 Å². The summed E-state index contributed by atoms with van der Waals surface area (Å²) < 4.78 is 79.6.